The van der Waals surface area contributed by atoms with Gasteiger partial charge in [0.05, 0.1) is 7.11 Å². The standard InChI is InChI=1S/C21H28O3/c1-21-10-9-17-16-7-5-15(24-2)11-13(16)3-6-18(17)19(21)8-4-14(21)12-20(22)23/h5,7,11,14,17-19H,3-4,6,8-10,12H2,1-2H3,(H,22,23)/t14?,17-,18-,19+,21-/m1/s1. The number of rotatable bonds is 3. The molecule has 1 aromatic rings. The van der Waals surface area contributed by atoms with Gasteiger partial charge in [-0.3, -0.25) is 4.79 Å². The highest BCUT2D eigenvalue weighted by Crippen LogP contribution is 2.63. The highest BCUT2D eigenvalue weighted by atomic mass is 16.5. The number of carboxylic acids is 1. The van der Waals surface area contributed by atoms with Crippen LogP contribution in [0.1, 0.15) is 62.5 Å². The topological polar surface area (TPSA) is 46.5 Å². The minimum atomic E-state index is -0.620. The fourth-order valence-corrected chi connectivity index (χ4v) is 6.34. The quantitative estimate of drug-likeness (QED) is 0.879. The van der Waals surface area contributed by atoms with E-state index in [1.54, 1.807) is 7.11 Å². The van der Waals surface area contributed by atoms with Gasteiger partial charge in [-0.1, -0.05) is 13.0 Å². The first-order valence-electron chi connectivity index (χ1n) is 9.41. The first kappa shape index (κ1) is 16.0. The number of carboxylic acid groups (broad SMARTS) is 1. The second kappa shape index (κ2) is 5.79. The van der Waals surface area contributed by atoms with Crippen LogP contribution in [0.5, 0.6) is 5.75 Å². The van der Waals surface area contributed by atoms with Crippen LogP contribution in [-0.2, 0) is 11.2 Å². The summed E-state index contributed by atoms with van der Waals surface area (Å²) in [7, 11) is 1.74. The fraction of sp³-hybridized carbons (Fsp3) is 0.667. The van der Waals surface area contributed by atoms with Gasteiger partial charge in [-0.2, -0.15) is 0 Å². The van der Waals surface area contributed by atoms with Crippen LogP contribution in [0.3, 0.4) is 0 Å². The van der Waals surface area contributed by atoms with Crippen molar-refractivity contribution in [1.29, 1.82) is 0 Å². The van der Waals surface area contributed by atoms with Gasteiger partial charge in [0.2, 0.25) is 0 Å². The summed E-state index contributed by atoms with van der Waals surface area (Å²) in [6, 6.07) is 6.62. The molecule has 5 atom stereocenters. The zero-order chi connectivity index (χ0) is 16.9. The van der Waals surface area contributed by atoms with Crippen molar-refractivity contribution >= 4 is 5.97 Å². The van der Waals surface area contributed by atoms with Gasteiger partial charge in [0, 0.05) is 6.42 Å². The van der Waals surface area contributed by atoms with Gasteiger partial charge in [-0.25, -0.2) is 0 Å². The average Bonchev–Trinajstić information content (AvgIpc) is 2.90. The predicted molar refractivity (Wildman–Crippen MR) is 93.4 cm³/mol. The van der Waals surface area contributed by atoms with Crippen LogP contribution in [0.2, 0.25) is 0 Å². The fourth-order valence-electron chi connectivity index (χ4n) is 6.34. The van der Waals surface area contributed by atoms with Gasteiger partial charge in [0.15, 0.2) is 0 Å². The van der Waals surface area contributed by atoms with E-state index in [1.165, 1.54) is 36.8 Å². The Kier molecular flexibility index (Phi) is 3.85. The van der Waals surface area contributed by atoms with E-state index >= 15 is 0 Å². The summed E-state index contributed by atoms with van der Waals surface area (Å²) in [5.74, 6) is 2.83. The monoisotopic (exact) mass is 328 g/mol. The third-order valence-corrected chi connectivity index (χ3v) is 7.55. The van der Waals surface area contributed by atoms with Crippen molar-refractivity contribution in [2.75, 3.05) is 7.11 Å². The summed E-state index contributed by atoms with van der Waals surface area (Å²) in [5.41, 5.74) is 3.25. The number of methoxy groups -OCH3 is 1. The summed E-state index contributed by atoms with van der Waals surface area (Å²) in [6.07, 6.45) is 7.48. The maximum absolute atomic E-state index is 11.3. The maximum Gasteiger partial charge on any atom is 0.303 e. The van der Waals surface area contributed by atoms with Crippen molar-refractivity contribution in [2.45, 2.75) is 57.8 Å². The molecule has 3 heteroatoms. The van der Waals surface area contributed by atoms with E-state index in [2.05, 4.69) is 25.1 Å². The highest BCUT2D eigenvalue weighted by molar-refractivity contribution is 5.67. The van der Waals surface area contributed by atoms with E-state index < -0.39 is 5.97 Å². The minimum absolute atomic E-state index is 0.240. The molecule has 0 aromatic heterocycles. The molecule has 130 valence electrons. The SMILES string of the molecule is COc1ccc2c(c1)CC[C@@H]1[C@@H]2CC[C@]2(C)C(CC(=O)O)CC[C@@H]12. The molecule has 3 aliphatic rings. The molecule has 0 aliphatic heterocycles. The number of benzene rings is 1. The molecule has 0 spiro atoms. The normalized spacial score (nSPS) is 37.2. The number of ether oxygens (including phenoxy) is 1. The summed E-state index contributed by atoms with van der Waals surface area (Å²) in [5, 5.41) is 9.28. The van der Waals surface area contributed by atoms with Crippen LogP contribution in [-0.4, -0.2) is 18.2 Å². The lowest BCUT2D eigenvalue weighted by Gasteiger charge is -2.51. The van der Waals surface area contributed by atoms with E-state index in [9.17, 15) is 9.90 Å². The average molecular weight is 328 g/mol. The first-order valence-corrected chi connectivity index (χ1v) is 9.41. The van der Waals surface area contributed by atoms with Gasteiger partial charge in [-0.15, -0.1) is 0 Å². The molecule has 1 unspecified atom stereocenters. The largest absolute Gasteiger partial charge is 0.497 e. The van der Waals surface area contributed by atoms with E-state index in [4.69, 9.17) is 4.74 Å². The zero-order valence-electron chi connectivity index (χ0n) is 14.8. The minimum Gasteiger partial charge on any atom is -0.497 e. The smallest absolute Gasteiger partial charge is 0.303 e. The Morgan fingerprint density at radius 1 is 1.29 bits per heavy atom. The Balaban J connectivity index is 1.62. The van der Waals surface area contributed by atoms with Crippen molar-refractivity contribution < 1.29 is 14.6 Å². The number of aliphatic carboxylic acids is 1. The zero-order valence-corrected chi connectivity index (χ0v) is 14.8. The van der Waals surface area contributed by atoms with Gasteiger partial charge in [0.25, 0.3) is 0 Å². The number of hydrogen-bond donors (Lipinski definition) is 1. The first-order chi connectivity index (χ1) is 11.5. The Hall–Kier alpha value is -1.51. The van der Waals surface area contributed by atoms with Crippen LogP contribution in [0.25, 0.3) is 0 Å². The third-order valence-electron chi connectivity index (χ3n) is 7.55. The Bertz CT molecular complexity index is 652. The molecule has 1 N–H and O–H groups in total. The molecule has 2 fully saturated rings. The summed E-state index contributed by atoms with van der Waals surface area (Å²) in [6.45, 7) is 2.39. The van der Waals surface area contributed by atoms with Crippen molar-refractivity contribution in [3.8, 4) is 5.75 Å². The van der Waals surface area contributed by atoms with Crippen LogP contribution < -0.4 is 4.74 Å². The van der Waals surface area contributed by atoms with Crippen molar-refractivity contribution in [2.24, 2.45) is 23.2 Å². The van der Waals surface area contributed by atoms with Crippen molar-refractivity contribution in [3.05, 3.63) is 29.3 Å². The number of fused-ring (bicyclic) bond motifs is 5. The molecule has 0 heterocycles. The Morgan fingerprint density at radius 2 is 2.12 bits per heavy atom. The molecule has 24 heavy (non-hydrogen) atoms. The maximum atomic E-state index is 11.3. The lowest BCUT2D eigenvalue weighted by Crippen LogP contribution is -2.42. The second-order valence-corrected chi connectivity index (χ2v) is 8.40. The van der Waals surface area contributed by atoms with Crippen LogP contribution >= 0.6 is 0 Å². The summed E-state index contributed by atoms with van der Waals surface area (Å²) < 4.78 is 5.40. The molecule has 3 nitrogen and oxygen atoms in total. The number of carbonyl (C=O) groups is 1. The molecular weight excluding hydrogens is 300 g/mol. The van der Waals surface area contributed by atoms with Crippen LogP contribution in [0.4, 0.5) is 0 Å². The van der Waals surface area contributed by atoms with Gasteiger partial charge in [0.1, 0.15) is 5.75 Å². The third kappa shape index (κ3) is 2.35. The van der Waals surface area contributed by atoms with Gasteiger partial charge < -0.3 is 9.84 Å². The van der Waals surface area contributed by atoms with Crippen molar-refractivity contribution in [1.82, 2.24) is 0 Å². The molecule has 0 radical (unpaired) electrons. The lowest BCUT2D eigenvalue weighted by molar-refractivity contribution is -0.139. The summed E-state index contributed by atoms with van der Waals surface area (Å²) >= 11 is 0. The van der Waals surface area contributed by atoms with Gasteiger partial charge >= 0.3 is 5.97 Å². The van der Waals surface area contributed by atoms with Crippen molar-refractivity contribution in [3.63, 3.8) is 0 Å². The number of aryl methyl sites for hydroxylation is 1. The highest BCUT2D eigenvalue weighted by Gasteiger charge is 2.54. The number of hydrogen-bond acceptors (Lipinski definition) is 2. The molecule has 1 aromatic carbocycles. The van der Waals surface area contributed by atoms with Crippen LogP contribution in [0, 0.1) is 23.2 Å². The molecule has 0 bridgehead atoms. The molecular formula is C21H28O3. The second-order valence-electron chi connectivity index (χ2n) is 8.40. The lowest BCUT2D eigenvalue weighted by atomic mass is 9.54. The van der Waals surface area contributed by atoms with Crippen LogP contribution in [0.15, 0.2) is 18.2 Å². The molecule has 2 saturated carbocycles. The predicted octanol–water partition coefficient (Wildman–Crippen LogP) is 4.64. The van der Waals surface area contributed by atoms with Gasteiger partial charge in [-0.05, 0) is 90.9 Å². The van der Waals surface area contributed by atoms with E-state index in [0.717, 1.165) is 24.5 Å². The summed E-state index contributed by atoms with van der Waals surface area (Å²) in [4.78, 5) is 11.3. The molecule has 3 aliphatic carbocycles. The molecule has 0 amide bonds. The molecule has 4 rings (SSSR count). The van der Waals surface area contributed by atoms with E-state index in [1.807, 2.05) is 0 Å². The van der Waals surface area contributed by atoms with E-state index in [0.29, 0.717) is 24.2 Å². The Labute approximate surface area is 144 Å². The molecule has 0 saturated heterocycles. The Morgan fingerprint density at radius 3 is 2.88 bits per heavy atom. The van der Waals surface area contributed by atoms with E-state index in [-0.39, 0.29) is 5.41 Å².